The lowest BCUT2D eigenvalue weighted by molar-refractivity contribution is -0.384. The van der Waals surface area contributed by atoms with Gasteiger partial charge in [-0.15, -0.1) is 0 Å². The van der Waals surface area contributed by atoms with Crippen molar-refractivity contribution >= 4 is 17.3 Å². The van der Waals surface area contributed by atoms with Crippen LogP contribution in [0.5, 0.6) is 5.75 Å². The Morgan fingerprint density at radius 1 is 1.19 bits per heavy atom. The van der Waals surface area contributed by atoms with Crippen LogP contribution in [0.15, 0.2) is 42.5 Å². The van der Waals surface area contributed by atoms with Crippen LogP contribution >= 0.6 is 0 Å². The van der Waals surface area contributed by atoms with Crippen LogP contribution < -0.4 is 15.0 Å². The number of nitro groups is 1. The maximum atomic E-state index is 12.8. The van der Waals surface area contributed by atoms with Gasteiger partial charge in [0.2, 0.25) is 0 Å². The molecule has 2 aromatic rings. The van der Waals surface area contributed by atoms with Gasteiger partial charge in [-0.25, -0.2) is 4.39 Å². The van der Waals surface area contributed by atoms with Gasteiger partial charge in [0.25, 0.3) is 11.6 Å². The van der Waals surface area contributed by atoms with Gasteiger partial charge in [0.05, 0.1) is 11.5 Å². The van der Waals surface area contributed by atoms with Gasteiger partial charge in [-0.2, -0.15) is 0 Å². The normalized spacial score (nSPS) is 10.3. The highest BCUT2D eigenvalue weighted by molar-refractivity contribution is 5.95. The van der Waals surface area contributed by atoms with Crippen molar-refractivity contribution in [3.05, 3.63) is 64.0 Å². The van der Waals surface area contributed by atoms with Crippen molar-refractivity contribution in [2.24, 2.45) is 0 Å². The van der Waals surface area contributed by atoms with E-state index in [2.05, 4.69) is 5.32 Å². The molecule has 1 N–H and O–H groups in total. The maximum absolute atomic E-state index is 12.8. The van der Waals surface area contributed by atoms with E-state index < -0.39 is 4.92 Å². The molecule has 27 heavy (non-hydrogen) atoms. The highest BCUT2D eigenvalue weighted by Gasteiger charge is 2.18. The van der Waals surface area contributed by atoms with Crippen LogP contribution in [0.2, 0.25) is 0 Å². The van der Waals surface area contributed by atoms with Crippen LogP contribution in [0.1, 0.15) is 23.2 Å². The second-order valence-electron chi connectivity index (χ2n) is 6.12. The van der Waals surface area contributed by atoms with Crippen LogP contribution in [0.25, 0.3) is 0 Å². The minimum atomic E-state index is -0.501. The quantitative estimate of drug-likeness (QED) is 0.413. The fraction of sp³-hybridized carbons (Fsp3) is 0.316. The molecule has 2 rings (SSSR count). The Balaban J connectivity index is 1.77. The number of unbranched alkanes of at least 4 members (excludes halogenated alkanes) is 1. The Morgan fingerprint density at radius 3 is 2.52 bits per heavy atom. The van der Waals surface area contributed by atoms with Crippen molar-refractivity contribution in [3.63, 3.8) is 0 Å². The molecule has 1 amide bonds. The first-order valence-corrected chi connectivity index (χ1v) is 8.51. The lowest BCUT2D eigenvalue weighted by Crippen LogP contribution is -2.25. The van der Waals surface area contributed by atoms with Crippen molar-refractivity contribution in [1.29, 1.82) is 0 Å². The molecule has 2 aromatic carbocycles. The molecule has 0 fully saturated rings. The standard InChI is InChI=1S/C19H22FN3O4/c1-22(2)17-10-5-14(13-18(17)23(25)26)19(24)21-11-3-4-12-27-16-8-6-15(20)7-9-16/h5-10,13H,3-4,11-12H2,1-2H3,(H,21,24). The molecule has 0 atom stereocenters. The van der Waals surface area contributed by atoms with Crippen molar-refractivity contribution < 1.29 is 18.8 Å². The third-order valence-electron chi connectivity index (χ3n) is 3.86. The molecule has 0 aromatic heterocycles. The second kappa shape index (κ2) is 9.51. The average molecular weight is 375 g/mol. The van der Waals surface area contributed by atoms with Crippen LogP contribution in [-0.2, 0) is 0 Å². The third kappa shape index (κ3) is 5.95. The highest BCUT2D eigenvalue weighted by atomic mass is 19.1. The highest BCUT2D eigenvalue weighted by Crippen LogP contribution is 2.27. The van der Waals surface area contributed by atoms with Crippen LogP contribution in [0.3, 0.4) is 0 Å². The van der Waals surface area contributed by atoms with E-state index in [1.165, 1.54) is 18.2 Å². The SMILES string of the molecule is CN(C)c1ccc(C(=O)NCCCCOc2ccc(F)cc2)cc1[N+](=O)[O-]. The molecule has 144 valence electrons. The molecule has 0 spiro atoms. The molecule has 7 nitrogen and oxygen atoms in total. The summed E-state index contributed by atoms with van der Waals surface area (Å²) >= 11 is 0. The number of rotatable bonds is 9. The van der Waals surface area contributed by atoms with E-state index in [0.717, 1.165) is 0 Å². The molecule has 0 radical (unpaired) electrons. The van der Waals surface area contributed by atoms with E-state index in [0.29, 0.717) is 37.4 Å². The zero-order chi connectivity index (χ0) is 19.8. The Morgan fingerprint density at radius 2 is 1.89 bits per heavy atom. The summed E-state index contributed by atoms with van der Waals surface area (Å²) in [7, 11) is 3.41. The first-order chi connectivity index (χ1) is 12.9. The van der Waals surface area contributed by atoms with Gasteiger partial charge < -0.3 is 15.0 Å². The first-order valence-electron chi connectivity index (χ1n) is 8.51. The largest absolute Gasteiger partial charge is 0.494 e. The fourth-order valence-electron chi connectivity index (χ4n) is 2.44. The summed E-state index contributed by atoms with van der Waals surface area (Å²) in [5, 5.41) is 13.9. The Bertz CT molecular complexity index is 794. The van der Waals surface area contributed by atoms with E-state index in [-0.39, 0.29) is 23.0 Å². The molecule has 0 aliphatic heterocycles. The van der Waals surface area contributed by atoms with Gasteiger partial charge in [0.1, 0.15) is 17.3 Å². The van der Waals surface area contributed by atoms with Crippen molar-refractivity contribution in [3.8, 4) is 5.75 Å². The number of anilines is 1. The van der Waals surface area contributed by atoms with E-state index in [9.17, 15) is 19.3 Å². The van der Waals surface area contributed by atoms with Gasteiger partial charge >= 0.3 is 0 Å². The summed E-state index contributed by atoms with van der Waals surface area (Å²) in [5.41, 5.74) is 0.574. The number of halogens is 1. The van der Waals surface area contributed by atoms with Crippen LogP contribution in [0, 0.1) is 15.9 Å². The topological polar surface area (TPSA) is 84.7 Å². The van der Waals surface area contributed by atoms with Gasteiger partial charge in [-0.05, 0) is 49.2 Å². The van der Waals surface area contributed by atoms with Crippen molar-refractivity contribution in [2.45, 2.75) is 12.8 Å². The van der Waals surface area contributed by atoms with Gasteiger partial charge in [-0.1, -0.05) is 0 Å². The summed E-state index contributed by atoms with van der Waals surface area (Å²) in [5.74, 6) is -0.0829. The second-order valence-corrected chi connectivity index (χ2v) is 6.12. The number of hydrogen-bond donors (Lipinski definition) is 1. The lowest BCUT2D eigenvalue weighted by Gasteiger charge is -2.13. The van der Waals surface area contributed by atoms with Gasteiger partial charge in [0, 0.05) is 32.3 Å². The molecule has 0 bridgehead atoms. The molecular weight excluding hydrogens is 353 g/mol. The fourth-order valence-corrected chi connectivity index (χ4v) is 2.44. The van der Waals surface area contributed by atoms with Crippen LogP contribution in [0.4, 0.5) is 15.8 Å². The molecule has 0 aliphatic carbocycles. The number of nitrogens with zero attached hydrogens (tertiary/aromatic N) is 2. The number of ether oxygens (including phenoxy) is 1. The lowest BCUT2D eigenvalue weighted by atomic mass is 10.1. The van der Waals surface area contributed by atoms with Crippen LogP contribution in [-0.4, -0.2) is 38.1 Å². The molecular formula is C19H22FN3O4. The number of nitro benzene ring substituents is 1. The number of carbonyl (C=O) groups is 1. The molecule has 0 saturated heterocycles. The van der Waals surface area contributed by atoms with Crippen molar-refractivity contribution in [2.75, 3.05) is 32.1 Å². The number of hydrogen-bond acceptors (Lipinski definition) is 5. The number of nitrogens with one attached hydrogen (secondary N) is 1. The number of benzene rings is 2. The minimum absolute atomic E-state index is 0.111. The molecule has 0 aliphatic rings. The monoisotopic (exact) mass is 375 g/mol. The minimum Gasteiger partial charge on any atom is -0.494 e. The third-order valence-corrected chi connectivity index (χ3v) is 3.86. The predicted molar refractivity (Wildman–Crippen MR) is 101 cm³/mol. The van der Waals surface area contributed by atoms with E-state index >= 15 is 0 Å². The van der Waals surface area contributed by atoms with Gasteiger partial charge in [0.15, 0.2) is 0 Å². The summed E-state index contributed by atoms with van der Waals surface area (Å²) in [6.45, 7) is 0.874. The Labute approximate surface area is 156 Å². The van der Waals surface area contributed by atoms with Crippen molar-refractivity contribution in [1.82, 2.24) is 5.32 Å². The zero-order valence-electron chi connectivity index (χ0n) is 15.3. The molecule has 0 saturated carbocycles. The summed E-state index contributed by atoms with van der Waals surface area (Å²) < 4.78 is 18.3. The summed E-state index contributed by atoms with van der Waals surface area (Å²) in [4.78, 5) is 24.5. The Kier molecular flexibility index (Phi) is 7.10. The van der Waals surface area contributed by atoms with E-state index in [4.69, 9.17) is 4.74 Å². The maximum Gasteiger partial charge on any atom is 0.293 e. The predicted octanol–water partition coefficient (Wildman–Crippen LogP) is 3.39. The summed E-state index contributed by atoms with van der Waals surface area (Å²) in [6.07, 6.45) is 1.39. The molecule has 8 heteroatoms. The average Bonchev–Trinajstić information content (AvgIpc) is 2.65. The number of carbonyl (C=O) groups excluding carboxylic acids is 1. The van der Waals surface area contributed by atoms with E-state index in [1.807, 2.05) is 0 Å². The smallest absolute Gasteiger partial charge is 0.293 e. The summed E-state index contributed by atoms with van der Waals surface area (Å²) in [6, 6.07) is 10.2. The first kappa shape index (κ1) is 20.2. The zero-order valence-corrected chi connectivity index (χ0v) is 15.3. The molecule has 0 unspecified atom stereocenters. The van der Waals surface area contributed by atoms with Gasteiger partial charge in [-0.3, -0.25) is 14.9 Å². The molecule has 0 heterocycles. The van der Waals surface area contributed by atoms with E-state index in [1.54, 1.807) is 43.3 Å². The number of amides is 1. The Hall–Kier alpha value is -3.16.